The van der Waals surface area contributed by atoms with Crippen molar-refractivity contribution in [2.24, 2.45) is 5.73 Å². The maximum atomic E-state index is 12.2. The molecule has 0 aliphatic carbocycles. The van der Waals surface area contributed by atoms with Crippen molar-refractivity contribution in [3.63, 3.8) is 0 Å². The van der Waals surface area contributed by atoms with Crippen LogP contribution in [0.15, 0.2) is 0 Å². The highest BCUT2D eigenvalue weighted by Crippen LogP contribution is 2.14. The largest absolute Gasteiger partial charge is 0.374 e. The second-order valence-electron chi connectivity index (χ2n) is 2.02. The lowest BCUT2D eigenvalue weighted by Gasteiger charge is -2.01. The Bertz CT molecular complexity index is 78.8. The van der Waals surface area contributed by atoms with Gasteiger partial charge in [0.2, 0.25) is 0 Å². The van der Waals surface area contributed by atoms with E-state index in [-0.39, 0.29) is 12.7 Å². The Balaban J connectivity index is 2.22. The normalized spacial score (nSPS) is 38.2. The minimum Gasteiger partial charge on any atom is -0.374 e. The Morgan fingerprint density at radius 1 is 1.75 bits per heavy atom. The van der Waals surface area contributed by atoms with Crippen LogP contribution < -0.4 is 5.73 Å². The van der Waals surface area contributed by atoms with Crippen LogP contribution >= 0.6 is 0 Å². The van der Waals surface area contributed by atoms with E-state index in [0.29, 0.717) is 13.0 Å². The first-order valence-electron chi connectivity index (χ1n) is 2.78. The second kappa shape index (κ2) is 2.42. The molecule has 48 valence electrons. The van der Waals surface area contributed by atoms with Crippen LogP contribution in [-0.2, 0) is 4.74 Å². The third-order valence-corrected chi connectivity index (χ3v) is 1.29. The van der Waals surface area contributed by atoms with E-state index in [1.54, 1.807) is 0 Å². The first kappa shape index (κ1) is 5.98. The highest BCUT2D eigenvalue weighted by atomic mass is 19.1. The fourth-order valence-electron chi connectivity index (χ4n) is 0.826. The zero-order valence-electron chi connectivity index (χ0n) is 4.64. The van der Waals surface area contributed by atoms with Crippen LogP contribution in [0.25, 0.3) is 0 Å². The molecule has 0 bridgehead atoms. The Kier molecular flexibility index (Phi) is 1.81. The summed E-state index contributed by atoms with van der Waals surface area (Å²) in [7, 11) is 0. The van der Waals surface area contributed by atoms with Gasteiger partial charge in [0, 0.05) is 13.0 Å². The van der Waals surface area contributed by atoms with Gasteiger partial charge in [-0.2, -0.15) is 0 Å². The van der Waals surface area contributed by atoms with E-state index < -0.39 is 6.17 Å². The summed E-state index contributed by atoms with van der Waals surface area (Å²) in [5.41, 5.74) is 5.20. The van der Waals surface area contributed by atoms with Gasteiger partial charge in [-0.1, -0.05) is 0 Å². The number of hydrogen-bond donors (Lipinski definition) is 1. The molecule has 1 aliphatic rings. The molecule has 0 saturated carbocycles. The van der Waals surface area contributed by atoms with E-state index in [0.717, 1.165) is 0 Å². The Labute approximate surface area is 47.8 Å². The predicted molar refractivity (Wildman–Crippen MR) is 28.3 cm³/mol. The molecule has 1 rings (SSSR count). The summed E-state index contributed by atoms with van der Waals surface area (Å²) in [5, 5.41) is 0. The number of alkyl halides is 1. The zero-order valence-corrected chi connectivity index (χ0v) is 4.64. The lowest BCUT2D eigenvalue weighted by Crippen LogP contribution is -2.18. The maximum Gasteiger partial charge on any atom is 0.126 e. The molecule has 1 saturated heterocycles. The van der Waals surface area contributed by atoms with Crippen molar-refractivity contribution in [2.45, 2.75) is 18.7 Å². The van der Waals surface area contributed by atoms with Gasteiger partial charge in [0.15, 0.2) is 0 Å². The SMILES string of the molecule is NC[C@@H]1C[C@H](F)CO1. The highest BCUT2D eigenvalue weighted by Gasteiger charge is 2.22. The molecule has 8 heavy (non-hydrogen) atoms. The van der Waals surface area contributed by atoms with E-state index >= 15 is 0 Å². The molecular formula is C5H10FNO. The maximum absolute atomic E-state index is 12.2. The topological polar surface area (TPSA) is 35.2 Å². The number of nitrogens with two attached hydrogens (primary N) is 1. The molecule has 0 aromatic heterocycles. The highest BCUT2D eigenvalue weighted by molar-refractivity contribution is 4.72. The van der Waals surface area contributed by atoms with Gasteiger partial charge < -0.3 is 10.5 Å². The fraction of sp³-hybridized carbons (Fsp3) is 1.00. The van der Waals surface area contributed by atoms with E-state index in [2.05, 4.69) is 0 Å². The summed E-state index contributed by atoms with van der Waals surface area (Å²) in [6.45, 7) is 0.683. The van der Waals surface area contributed by atoms with Crippen LogP contribution in [-0.4, -0.2) is 25.4 Å². The lowest BCUT2D eigenvalue weighted by atomic mass is 10.2. The van der Waals surface area contributed by atoms with Gasteiger partial charge in [-0.25, -0.2) is 4.39 Å². The van der Waals surface area contributed by atoms with Crippen LogP contribution in [0, 0.1) is 0 Å². The molecule has 2 atom stereocenters. The van der Waals surface area contributed by atoms with E-state index in [1.165, 1.54) is 0 Å². The number of ether oxygens (including phenoxy) is 1. The van der Waals surface area contributed by atoms with Crippen molar-refractivity contribution in [1.82, 2.24) is 0 Å². The van der Waals surface area contributed by atoms with Crippen molar-refractivity contribution in [2.75, 3.05) is 13.2 Å². The van der Waals surface area contributed by atoms with E-state index in [9.17, 15) is 4.39 Å². The summed E-state index contributed by atoms with van der Waals surface area (Å²) < 4.78 is 17.1. The molecule has 1 fully saturated rings. The summed E-state index contributed by atoms with van der Waals surface area (Å²) >= 11 is 0. The fourth-order valence-corrected chi connectivity index (χ4v) is 0.826. The summed E-state index contributed by atoms with van der Waals surface area (Å²) in [6, 6.07) is 0. The Morgan fingerprint density at radius 3 is 2.75 bits per heavy atom. The molecule has 0 amide bonds. The molecule has 3 heteroatoms. The van der Waals surface area contributed by atoms with Gasteiger partial charge in [0.25, 0.3) is 0 Å². The van der Waals surface area contributed by atoms with Crippen LogP contribution in [0.3, 0.4) is 0 Å². The number of halogens is 1. The molecule has 1 aliphatic heterocycles. The van der Waals surface area contributed by atoms with Crippen molar-refractivity contribution in [3.05, 3.63) is 0 Å². The van der Waals surface area contributed by atoms with E-state index in [4.69, 9.17) is 10.5 Å². The van der Waals surface area contributed by atoms with Crippen molar-refractivity contribution in [3.8, 4) is 0 Å². The molecule has 0 aromatic carbocycles. The third kappa shape index (κ3) is 1.17. The van der Waals surface area contributed by atoms with Crippen LogP contribution in [0.5, 0.6) is 0 Å². The van der Waals surface area contributed by atoms with Gasteiger partial charge >= 0.3 is 0 Å². The van der Waals surface area contributed by atoms with Crippen LogP contribution in [0.2, 0.25) is 0 Å². The zero-order chi connectivity index (χ0) is 5.98. The van der Waals surface area contributed by atoms with Gasteiger partial charge in [0.1, 0.15) is 6.17 Å². The molecule has 2 N–H and O–H groups in total. The molecule has 2 nitrogen and oxygen atoms in total. The predicted octanol–water partition coefficient (Wildman–Crippen LogP) is 0.0721. The first-order chi connectivity index (χ1) is 3.83. The van der Waals surface area contributed by atoms with Crippen molar-refractivity contribution >= 4 is 0 Å². The standard InChI is InChI=1S/C5H10FNO/c6-4-1-5(2-7)8-3-4/h4-5H,1-3,7H2/t4-,5-/m0/s1. The van der Waals surface area contributed by atoms with Gasteiger partial charge in [-0.15, -0.1) is 0 Å². The molecular weight excluding hydrogens is 109 g/mol. The van der Waals surface area contributed by atoms with Crippen LogP contribution in [0.1, 0.15) is 6.42 Å². The monoisotopic (exact) mass is 119 g/mol. The quantitative estimate of drug-likeness (QED) is 0.530. The molecule has 0 spiro atoms. The molecule has 0 unspecified atom stereocenters. The average Bonchev–Trinajstić information content (AvgIpc) is 2.14. The molecule has 1 heterocycles. The summed E-state index contributed by atoms with van der Waals surface area (Å²) in [4.78, 5) is 0. The molecule has 0 radical (unpaired) electrons. The van der Waals surface area contributed by atoms with Crippen molar-refractivity contribution < 1.29 is 9.13 Å². The smallest absolute Gasteiger partial charge is 0.126 e. The minimum atomic E-state index is -0.774. The average molecular weight is 119 g/mol. The van der Waals surface area contributed by atoms with E-state index in [1.807, 2.05) is 0 Å². The van der Waals surface area contributed by atoms with Gasteiger partial charge in [0.05, 0.1) is 12.7 Å². The third-order valence-electron chi connectivity index (χ3n) is 1.29. The second-order valence-corrected chi connectivity index (χ2v) is 2.02. The Morgan fingerprint density at radius 2 is 2.50 bits per heavy atom. The molecule has 0 aromatic rings. The number of hydrogen-bond acceptors (Lipinski definition) is 2. The first-order valence-corrected chi connectivity index (χ1v) is 2.78. The number of rotatable bonds is 1. The van der Waals surface area contributed by atoms with Gasteiger partial charge in [-0.05, 0) is 0 Å². The van der Waals surface area contributed by atoms with Crippen molar-refractivity contribution in [1.29, 1.82) is 0 Å². The Hall–Kier alpha value is -0.150. The summed E-state index contributed by atoms with van der Waals surface area (Å²) in [6.07, 6.45) is -0.315. The van der Waals surface area contributed by atoms with Crippen LogP contribution in [0.4, 0.5) is 4.39 Å². The minimum absolute atomic E-state index is 0.0231. The summed E-state index contributed by atoms with van der Waals surface area (Å²) in [5.74, 6) is 0. The lowest BCUT2D eigenvalue weighted by molar-refractivity contribution is 0.109. The van der Waals surface area contributed by atoms with Gasteiger partial charge in [-0.3, -0.25) is 0 Å².